The molecule has 1 aromatic heterocycles. The van der Waals surface area contributed by atoms with E-state index in [9.17, 15) is 5.26 Å². The molecule has 4 N–H and O–H groups in total. The van der Waals surface area contributed by atoms with E-state index in [4.69, 9.17) is 5.73 Å². The van der Waals surface area contributed by atoms with Crippen LogP contribution in [0.3, 0.4) is 0 Å². The molecular formula is C24H29N7S. The van der Waals surface area contributed by atoms with E-state index in [1.807, 2.05) is 30.3 Å². The first-order valence-corrected chi connectivity index (χ1v) is 11.7. The summed E-state index contributed by atoms with van der Waals surface area (Å²) >= 11 is 1.75. The highest BCUT2D eigenvalue weighted by atomic mass is 32.2. The maximum Gasteiger partial charge on any atom is 0.191 e. The van der Waals surface area contributed by atoms with Crippen LogP contribution in [0.4, 0.5) is 5.82 Å². The topological polar surface area (TPSA) is 104 Å². The third-order valence-corrected chi connectivity index (χ3v) is 5.92. The standard InChI is InChI=1S/C24H29N7S/c1-17-11-12-18(22(14-17)32-3)16-29-24(27-2)28-13-7-10-21-20(15-25)23(26)31(30-21)19-8-5-4-6-9-19/h4-6,8-9,11-12,14H,7,10,13,16,26H2,1-3H3,(H2,27,28,29). The number of para-hydroxylation sites is 1. The Morgan fingerprint density at radius 1 is 1.22 bits per heavy atom. The van der Waals surface area contributed by atoms with Crippen LogP contribution in [0.5, 0.6) is 0 Å². The lowest BCUT2D eigenvalue weighted by Crippen LogP contribution is -2.37. The Hall–Kier alpha value is -3.44. The van der Waals surface area contributed by atoms with Crippen molar-refractivity contribution in [1.29, 1.82) is 5.26 Å². The number of rotatable bonds is 8. The average molecular weight is 448 g/mol. The minimum atomic E-state index is 0.377. The summed E-state index contributed by atoms with van der Waals surface area (Å²) in [7, 11) is 1.76. The van der Waals surface area contributed by atoms with Gasteiger partial charge in [0.25, 0.3) is 0 Å². The van der Waals surface area contributed by atoms with Gasteiger partial charge in [-0.2, -0.15) is 10.4 Å². The molecule has 1 heterocycles. The fraction of sp³-hybridized carbons (Fsp3) is 0.292. The van der Waals surface area contributed by atoms with Crippen molar-refractivity contribution in [1.82, 2.24) is 20.4 Å². The van der Waals surface area contributed by atoms with Gasteiger partial charge >= 0.3 is 0 Å². The number of nitrogens with one attached hydrogen (secondary N) is 2. The lowest BCUT2D eigenvalue weighted by Gasteiger charge is -2.14. The van der Waals surface area contributed by atoms with Gasteiger partial charge in [0.1, 0.15) is 17.5 Å². The number of nitriles is 1. The Bertz CT molecular complexity index is 1110. The van der Waals surface area contributed by atoms with Gasteiger partial charge in [0.2, 0.25) is 0 Å². The number of anilines is 1. The molecule has 0 saturated carbocycles. The Morgan fingerprint density at radius 2 is 2.00 bits per heavy atom. The monoisotopic (exact) mass is 447 g/mol. The van der Waals surface area contributed by atoms with Gasteiger partial charge in [-0.1, -0.05) is 30.3 Å². The normalized spacial score (nSPS) is 11.2. The molecule has 0 aliphatic carbocycles. The predicted octanol–water partition coefficient (Wildman–Crippen LogP) is 3.65. The van der Waals surface area contributed by atoms with Crippen molar-refractivity contribution in [2.45, 2.75) is 31.2 Å². The number of benzene rings is 2. The van der Waals surface area contributed by atoms with Gasteiger partial charge in [-0.3, -0.25) is 4.99 Å². The first-order chi connectivity index (χ1) is 15.6. The molecule has 32 heavy (non-hydrogen) atoms. The maximum atomic E-state index is 9.55. The van der Waals surface area contributed by atoms with E-state index < -0.39 is 0 Å². The van der Waals surface area contributed by atoms with Gasteiger partial charge in [0.15, 0.2) is 5.96 Å². The van der Waals surface area contributed by atoms with Gasteiger partial charge < -0.3 is 16.4 Å². The van der Waals surface area contributed by atoms with Crippen LogP contribution in [0.2, 0.25) is 0 Å². The molecule has 0 aliphatic rings. The highest BCUT2D eigenvalue weighted by molar-refractivity contribution is 7.98. The number of aliphatic imine (C=N–C) groups is 1. The van der Waals surface area contributed by atoms with E-state index in [1.165, 1.54) is 16.0 Å². The Balaban J connectivity index is 1.55. The number of hydrogen-bond donors (Lipinski definition) is 3. The van der Waals surface area contributed by atoms with Crippen molar-refractivity contribution in [3.05, 3.63) is 70.9 Å². The van der Waals surface area contributed by atoms with Crippen molar-refractivity contribution in [2.24, 2.45) is 4.99 Å². The number of guanidine groups is 1. The number of hydrogen-bond acceptors (Lipinski definition) is 5. The number of nitrogens with zero attached hydrogens (tertiary/aromatic N) is 4. The number of aromatic nitrogens is 2. The quantitative estimate of drug-likeness (QED) is 0.211. The number of nitrogens with two attached hydrogens (primary N) is 1. The molecule has 0 radical (unpaired) electrons. The molecule has 0 fully saturated rings. The number of nitrogen functional groups attached to an aromatic ring is 1. The van der Waals surface area contributed by atoms with Gasteiger partial charge in [-0.15, -0.1) is 11.8 Å². The van der Waals surface area contributed by atoms with E-state index in [-0.39, 0.29) is 0 Å². The zero-order valence-electron chi connectivity index (χ0n) is 18.7. The zero-order valence-corrected chi connectivity index (χ0v) is 19.5. The fourth-order valence-electron chi connectivity index (χ4n) is 3.40. The summed E-state index contributed by atoms with van der Waals surface area (Å²) in [5, 5.41) is 20.8. The van der Waals surface area contributed by atoms with Crippen molar-refractivity contribution < 1.29 is 0 Å². The molecular weight excluding hydrogens is 418 g/mol. The largest absolute Gasteiger partial charge is 0.382 e. The van der Waals surface area contributed by atoms with Crippen LogP contribution in [0.15, 0.2) is 58.4 Å². The third kappa shape index (κ3) is 5.62. The molecule has 7 nitrogen and oxygen atoms in total. The first-order valence-electron chi connectivity index (χ1n) is 10.5. The first kappa shape index (κ1) is 23.2. The summed E-state index contributed by atoms with van der Waals surface area (Å²) in [6.45, 7) is 3.50. The third-order valence-electron chi connectivity index (χ3n) is 5.10. The number of thioether (sulfide) groups is 1. The molecule has 3 aromatic rings. The molecule has 0 atom stereocenters. The Morgan fingerprint density at radius 3 is 2.69 bits per heavy atom. The number of aryl methyl sites for hydroxylation is 2. The minimum Gasteiger partial charge on any atom is -0.382 e. The molecule has 2 aromatic carbocycles. The Kier molecular flexibility index (Phi) is 8.17. The summed E-state index contributed by atoms with van der Waals surface area (Å²) < 4.78 is 1.63. The van der Waals surface area contributed by atoms with E-state index in [2.05, 4.69) is 58.2 Å². The lowest BCUT2D eigenvalue weighted by atomic mass is 10.1. The second kappa shape index (κ2) is 11.3. The SMILES string of the molecule is CN=C(NCCCc1nn(-c2ccccc2)c(N)c1C#N)NCc1ccc(C)cc1SC. The van der Waals surface area contributed by atoms with Crippen LogP contribution >= 0.6 is 11.8 Å². The van der Waals surface area contributed by atoms with Crippen molar-refractivity contribution >= 4 is 23.5 Å². The summed E-state index contributed by atoms with van der Waals surface area (Å²) in [6, 6.07) is 18.3. The van der Waals surface area contributed by atoms with E-state index in [0.29, 0.717) is 36.6 Å². The van der Waals surface area contributed by atoms with Crippen LogP contribution in [-0.2, 0) is 13.0 Å². The van der Waals surface area contributed by atoms with Crippen LogP contribution < -0.4 is 16.4 Å². The maximum absolute atomic E-state index is 9.55. The molecule has 3 rings (SSSR count). The molecule has 0 unspecified atom stereocenters. The summed E-state index contributed by atoms with van der Waals surface area (Å²) in [4.78, 5) is 5.58. The predicted molar refractivity (Wildman–Crippen MR) is 132 cm³/mol. The molecule has 8 heteroatoms. The van der Waals surface area contributed by atoms with Gasteiger partial charge in [-0.25, -0.2) is 4.68 Å². The van der Waals surface area contributed by atoms with Crippen molar-refractivity contribution in [2.75, 3.05) is 25.6 Å². The second-order valence-electron chi connectivity index (χ2n) is 7.34. The second-order valence-corrected chi connectivity index (χ2v) is 8.19. The molecule has 0 amide bonds. The van der Waals surface area contributed by atoms with E-state index in [1.54, 1.807) is 23.5 Å². The Labute approximate surface area is 193 Å². The van der Waals surface area contributed by atoms with Crippen LogP contribution in [-0.4, -0.2) is 35.6 Å². The highest BCUT2D eigenvalue weighted by Gasteiger charge is 2.16. The average Bonchev–Trinajstić information content (AvgIpc) is 3.14. The molecule has 0 spiro atoms. The van der Waals surface area contributed by atoms with Gasteiger partial charge in [-0.05, 0) is 55.3 Å². The van der Waals surface area contributed by atoms with Gasteiger partial charge in [0, 0.05) is 25.0 Å². The summed E-state index contributed by atoms with van der Waals surface area (Å²) in [5.41, 5.74) is 10.7. The summed E-state index contributed by atoms with van der Waals surface area (Å²) in [5.74, 6) is 1.12. The smallest absolute Gasteiger partial charge is 0.191 e. The highest BCUT2D eigenvalue weighted by Crippen LogP contribution is 2.22. The zero-order chi connectivity index (χ0) is 22.9. The molecule has 0 saturated heterocycles. The van der Waals surface area contributed by atoms with Crippen LogP contribution in [0.25, 0.3) is 5.69 Å². The lowest BCUT2D eigenvalue weighted by molar-refractivity contribution is 0.720. The van der Waals surface area contributed by atoms with Crippen LogP contribution in [0.1, 0.15) is 28.8 Å². The minimum absolute atomic E-state index is 0.377. The molecule has 166 valence electrons. The van der Waals surface area contributed by atoms with Gasteiger partial charge in [0.05, 0.1) is 11.4 Å². The van der Waals surface area contributed by atoms with E-state index in [0.717, 1.165) is 18.1 Å². The molecule has 0 bridgehead atoms. The van der Waals surface area contributed by atoms with Crippen LogP contribution in [0, 0.1) is 18.3 Å². The molecule has 0 aliphatic heterocycles. The van der Waals surface area contributed by atoms with Crippen molar-refractivity contribution in [3.8, 4) is 11.8 Å². The van der Waals surface area contributed by atoms with Crippen molar-refractivity contribution in [3.63, 3.8) is 0 Å². The summed E-state index contributed by atoms with van der Waals surface area (Å²) in [6.07, 6.45) is 3.53. The fourth-order valence-corrected chi connectivity index (χ4v) is 4.11. The van der Waals surface area contributed by atoms with E-state index >= 15 is 0 Å².